The van der Waals surface area contributed by atoms with E-state index in [1.54, 1.807) is 13.8 Å². The Kier molecular flexibility index (Phi) is 5.43. The molecule has 0 heterocycles. The molecule has 4 N–H and O–H groups in total. The van der Waals surface area contributed by atoms with Crippen molar-refractivity contribution in [2.45, 2.75) is 33.2 Å². The van der Waals surface area contributed by atoms with Crippen LogP contribution >= 0.6 is 0 Å². The van der Waals surface area contributed by atoms with Gasteiger partial charge in [-0.15, -0.1) is 0 Å². The maximum atomic E-state index is 11.2. The van der Waals surface area contributed by atoms with Gasteiger partial charge >= 0.3 is 18.0 Å². The fourth-order valence-electron chi connectivity index (χ4n) is 1.14. The van der Waals surface area contributed by atoms with Crippen LogP contribution in [0.4, 0.5) is 4.79 Å². The van der Waals surface area contributed by atoms with Gasteiger partial charge in [-0.3, -0.25) is 9.59 Å². The topological polar surface area (TPSA) is 116 Å². The fraction of sp³-hybridized carbons (Fsp3) is 0.700. The lowest BCUT2D eigenvalue weighted by molar-refractivity contribution is -0.154. The molecule has 0 aromatic carbocycles. The van der Waals surface area contributed by atoms with Crippen molar-refractivity contribution in [1.29, 1.82) is 0 Å². The van der Waals surface area contributed by atoms with Crippen molar-refractivity contribution in [3.05, 3.63) is 0 Å². The molecular weight excluding hydrogens is 228 g/mol. The normalized spacial score (nSPS) is 13.9. The van der Waals surface area contributed by atoms with Gasteiger partial charge in [0.05, 0.1) is 11.8 Å². The maximum Gasteiger partial charge on any atom is 0.315 e. The van der Waals surface area contributed by atoms with Crippen molar-refractivity contribution in [2.75, 3.05) is 6.54 Å². The predicted molar refractivity (Wildman–Crippen MR) is 59.7 cm³/mol. The van der Waals surface area contributed by atoms with Gasteiger partial charge < -0.3 is 20.8 Å². The first-order valence-electron chi connectivity index (χ1n) is 5.17. The van der Waals surface area contributed by atoms with Gasteiger partial charge in [0, 0.05) is 12.6 Å². The summed E-state index contributed by atoms with van der Waals surface area (Å²) in [5.74, 6) is -2.48. The Morgan fingerprint density at radius 2 is 1.76 bits per heavy atom. The van der Waals surface area contributed by atoms with Gasteiger partial charge in [-0.25, -0.2) is 4.79 Å². The summed E-state index contributed by atoms with van der Waals surface area (Å²) >= 11 is 0. The van der Waals surface area contributed by atoms with Gasteiger partial charge in [-0.05, 0) is 20.8 Å². The van der Waals surface area contributed by atoms with Crippen LogP contribution in [0.2, 0.25) is 0 Å². The molecule has 7 nitrogen and oxygen atoms in total. The first-order chi connectivity index (χ1) is 7.67. The minimum atomic E-state index is -1.51. The summed E-state index contributed by atoms with van der Waals surface area (Å²) in [5, 5.41) is 22.4. The molecule has 98 valence electrons. The van der Waals surface area contributed by atoms with Crippen LogP contribution in [0.1, 0.15) is 27.2 Å². The van der Waals surface area contributed by atoms with Crippen molar-refractivity contribution in [3.8, 4) is 0 Å². The Balaban J connectivity index is 4.42. The van der Waals surface area contributed by atoms with Gasteiger partial charge in [0.1, 0.15) is 0 Å². The Hall–Kier alpha value is -1.79. The van der Waals surface area contributed by atoms with Crippen LogP contribution in [0.25, 0.3) is 0 Å². The summed E-state index contributed by atoms with van der Waals surface area (Å²) in [4.78, 5) is 32.8. The number of amides is 2. The molecule has 7 heteroatoms. The van der Waals surface area contributed by atoms with Crippen molar-refractivity contribution >= 4 is 18.0 Å². The molecule has 17 heavy (non-hydrogen) atoms. The van der Waals surface area contributed by atoms with Crippen LogP contribution in [-0.2, 0) is 9.59 Å². The van der Waals surface area contributed by atoms with E-state index in [4.69, 9.17) is 10.2 Å². The van der Waals surface area contributed by atoms with E-state index < -0.39 is 29.8 Å². The lowest BCUT2D eigenvalue weighted by Gasteiger charge is -2.23. The molecule has 0 saturated heterocycles. The molecule has 0 aromatic heterocycles. The van der Waals surface area contributed by atoms with Crippen molar-refractivity contribution in [2.24, 2.45) is 5.41 Å². The average Bonchev–Trinajstić information content (AvgIpc) is 2.12. The standard InChI is InChI=1S/C10H18N2O5/c1-6(2)12-9(17)11-5-10(3,8(15)16)4-7(13)14/h6H,4-5H2,1-3H3,(H,13,14)(H,15,16)(H2,11,12,17). The van der Waals surface area contributed by atoms with Crippen LogP contribution in [0.5, 0.6) is 0 Å². The number of carbonyl (C=O) groups is 3. The van der Waals surface area contributed by atoms with E-state index >= 15 is 0 Å². The molecule has 0 saturated carbocycles. The van der Waals surface area contributed by atoms with Crippen LogP contribution < -0.4 is 10.6 Å². The molecule has 0 aromatic rings. The second-order valence-electron chi connectivity index (χ2n) is 4.42. The van der Waals surface area contributed by atoms with E-state index in [2.05, 4.69) is 10.6 Å². The monoisotopic (exact) mass is 246 g/mol. The van der Waals surface area contributed by atoms with Crippen LogP contribution in [0.3, 0.4) is 0 Å². The second kappa shape index (κ2) is 6.07. The number of carboxylic acids is 2. The lowest BCUT2D eigenvalue weighted by atomic mass is 9.87. The summed E-state index contributed by atoms with van der Waals surface area (Å²) in [6.45, 7) is 4.55. The maximum absolute atomic E-state index is 11.2. The van der Waals surface area contributed by atoms with Crippen LogP contribution in [0.15, 0.2) is 0 Å². The van der Waals surface area contributed by atoms with Gasteiger partial charge in [-0.1, -0.05) is 0 Å². The van der Waals surface area contributed by atoms with Crippen molar-refractivity contribution < 1.29 is 24.6 Å². The first kappa shape index (κ1) is 15.2. The summed E-state index contributed by atoms with van der Waals surface area (Å²) in [6, 6.07) is -0.594. The van der Waals surface area contributed by atoms with Gasteiger partial charge in [0.25, 0.3) is 0 Å². The van der Waals surface area contributed by atoms with Gasteiger partial charge in [-0.2, -0.15) is 0 Å². The number of aliphatic carboxylic acids is 2. The molecule has 0 aliphatic heterocycles. The lowest BCUT2D eigenvalue weighted by Crippen LogP contribution is -2.47. The molecule has 0 radical (unpaired) electrons. The zero-order valence-electron chi connectivity index (χ0n) is 10.1. The van der Waals surface area contributed by atoms with Crippen LogP contribution in [0, 0.1) is 5.41 Å². The molecule has 0 aliphatic rings. The average molecular weight is 246 g/mol. The van der Waals surface area contributed by atoms with E-state index in [0.717, 1.165) is 0 Å². The molecule has 1 unspecified atom stereocenters. The molecule has 1 atom stereocenters. The highest BCUT2D eigenvalue weighted by molar-refractivity contribution is 5.82. The highest BCUT2D eigenvalue weighted by Crippen LogP contribution is 2.20. The Labute approximate surface area is 99.2 Å². The quantitative estimate of drug-likeness (QED) is 0.536. The Morgan fingerprint density at radius 1 is 1.24 bits per heavy atom. The predicted octanol–water partition coefficient (Wildman–Crippen LogP) is 0.260. The molecule has 0 rings (SSSR count). The fourth-order valence-corrected chi connectivity index (χ4v) is 1.14. The highest BCUT2D eigenvalue weighted by atomic mass is 16.4. The third kappa shape index (κ3) is 5.74. The zero-order valence-corrected chi connectivity index (χ0v) is 10.1. The Morgan fingerprint density at radius 3 is 2.12 bits per heavy atom. The number of urea groups is 1. The highest BCUT2D eigenvalue weighted by Gasteiger charge is 2.36. The largest absolute Gasteiger partial charge is 0.481 e. The van der Waals surface area contributed by atoms with Crippen molar-refractivity contribution in [1.82, 2.24) is 10.6 Å². The first-order valence-corrected chi connectivity index (χ1v) is 5.17. The number of hydrogen-bond donors (Lipinski definition) is 4. The van der Waals surface area contributed by atoms with Crippen LogP contribution in [-0.4, -0.2) is 40.8 Å². The van der Waals surface area contributed by atoms with Gasteiger partial charge in [0.15, 0.2) is 0 Å². The van der Waals surface area contributed by atoms with E-state index in [-0.39, 0.29) is 12.6 Å². The SMILES string of the molecule is CC(C)NC(=O)NCC(C)(CC(=O)O)C(=O)O. The smallest absolute Gasteiger partial charge is 0.315 e. The van der Waals surface area contributed by atoms with E-state index in [1.807, 2.05) is 0 Å². The summed E-state index contributed by atoms with van der Waals surface area (Å²) in [7, 11) is 0. The van der Waals surface area contributed by atoms with Gasteiger partial charge in [0.2, 0.25) is 0 Å². The van der Waals surface area contributed by atoms with E-state index in [0.29, 0.717) is 0 Å². The van der Waals surface area contributed by atoms with E-state index in [1.165, 1.54) is 6.92 Å². The molecular formula is C10H18N2O5. The number of carboxylic acid groups (broad SMARTS) is 2. The van der Waals surface area contributed by atoms with Crippen molar-refractivity contribution in [3.63, 3.8) is 0 Å². The molecule has 0 aliphatic carbocycles. The third-order valence-corrected chi connectivity index (χ3v) is 2.12. The van der Waals surface area contributed by atoms with E-state index in [9.17, 15) is 14.4 Å². The summed E-state index contributed by atoms with van der Waals surface area (Å²) in [6.07, 6.45) is -0.551. The zero-order chi connectivity index (χ0) is 13.6. The minimum absolute atomic E-state index is 0.0782. The number of hydrogen-bond acceptors (Lipinski definition) is 3. The Bertz CT molecular complexity index is 316. The summed E-state index contributed by atoms with van der Waals surface area (Å²) in [5.41, 5.74) is -1.51. The minimum Gasteiger partial charge on any atom is -0.481 e. The summed E-state index contributed by atoms with van der Waals surface area (Å²) < 4.78 is 0. The molecule has 0 bridgehead atoms. The molecule has 0 fully saturated rings. The number of carbonyl (C=O) groups excluding carboxylic acids is 1. The second-order valence-corrected chi connectivity index (χ2v) is 4.42. The number of rotatable bonds is 6. The third-order valence-electron chi connectivity index (χ3n) is 2.12. The molecule has 0 spiro atoms. The molecule has 2 amide bonds. The number of nitrogens with one attached hydrogen (secondary N) is 2.